The van der Waals surface area contributed by atoms with Gasteiger partial charge in [-0.05, 0) is 24.5 Å². The second-order valence-electron chi connectivity index (χ2n) is 5.40. The third-order valence-corrected chi connectivity index (χ3v) is 3.80. The van der Waals surface area contributed by atoms with E-state index >= 15 is 0 Å². The van der Waals surface area contributed by atoms with Crippen LogP contribution in [0.2, 0.25) is 0 Å². The molecule has 0 bridgehead atoms. The molecule has 0 aromatic carbocycles. The molecular weight excluding hydrogens is 268 g/mol. The van der Waals surface area contributed by atoms with Crippen LogP contribution in [0, 0.1) is 0 Å². The summed E-state index contributed by atoms with van der Waals surface area (Å²) < 4.78 is 7.17. The molecule has 0 saturated heterocycles. The predicted octanol–water partition coefficient (Wildman–Crippen LogP) is 1.50. The van der Waals surface area contributed by atoms with Crippen LogP contribution in [0.15, 0.2) is 23.0 Å². The van der Waals surface area contributed by atoms with Crippen molar-refractivity contribution in [2.45, 2.75) is 45.1 Å². The standard InChI is InChI=1S/C15H20N4O2/c20-15(10-12-6-9-21-11-12)16-7-5-14-18-17-13-4-2-1-3-8-19(13)14/h6,9,11H,1-5,7-8,10H2,(H,16,20). The van der Waals surface area contributed by atoms with Crippen LogP contribution in [0.4, 0.5) is 0 Å². The van der Waals surface area contributed by atoms with Crippen molar-refractivity contribution in [2.24, 2.45) is 0 Å². The molecule has 1 aliphatic rings. The number of hydrogen-bond donors (Lipinski definition) is 1. The number of fused-ring (bicyclic) bond motifs is 1. The van der Waals surface area contributed by atoms with E-state index in [1.54, 1.807) is 18.6 Å². The van der Waals surface area contributed by atoms with Gasteiger partial charge in [-0.2, -0.15) is 0 Å². The van der Waals surface area contributed by atoms with Gasteiger partial charge in [0, 0.05) is 25.9 Å². The number of aromatic nitrogens is 3. The lowest BCUT2D eigenvalue weighted by Gasteiger charge is -2.07. The summed E-state index contributed by atoms with van der Waals surface area (Å²) in [5, 5.41) is 11.4. The lowest BCUT2D eigenvalue weighted by Crippen LogP contribution is -2.27. The smallest absolute Gasteiger partial charge is 0.224 e. The lowest BCUT2D eigenvalue weighted by atomic mass is 10.2. The zero-order valence-electron chi connectivity index (χ0n) is 12.0. The number of amides is 1. The molecule has 6 heteroatoms. The Kier molecular flexibility index (Phi) is 4.33. The summed E-state index contributed by atoms with van der Waals surface area (Å²) in [6.45, 7) is 1.59. The van der Waals surface area contributed by atoms with E-state index in [2.05, 4.69) is 20.1 Å². The van der Waals surface area contributed by atoms with Gasteiger partial charge in [0.2, 0.25) is 5.91 Å². The summed E-state index contributed by atoms with van der Waals surface area (Å²) in [4.78, 5) is 11.8. The Balaban J connectivity index is 1.49. The Morgan fingerprint density at radius 1 is 1.33 bits per heavy atom. The molecule has 2 aromatic rings. The van der Waals surface area contributed by atoms with Crippen molar-refractivity contribution in [2.75, 3.05) is 6.54 Å². The van der Waals surface area contributed by atoms with Gasteiger partial charge in [0.25, 0.3) is 0 Å². The van der Waals surface area contributed by atoms with Gasteiger partial charge in [0.1, 0.15) is 11.6 Å². The minimum atomic E-state index is 0.00649. The zero-order valence-corrected chi connectivity index (χ0v) is 12.0. The Morgan fingerprint density at radius 3 is 3.14 bits per heavy atom. The fourth-order valence-electron chi connectivity index (χ4n) is 2.69. The summed E-state index contributed by atoms with van der Waals surface area (Å²) in [5.74, 6) is 2.08. The number of furan rings is 1. The molecule has 0 fully saturated rings. The molecular formula is C15H20N4O2. The quantitative estimate of drug-likeness (QED) is 0.905. The zero-order chi connectivity index (χ0) is 14.5. The Hall–Kier alpha value is -2.11. The van der Waals surface area contributed by atoms with Gasteiger partial charge in [0.05, 0.1) is 18.9 Å². The van der Waals surface area contributed by atoms with Crippen molar-refractivity contribution in [1.82, 2.24) is 20.1 Å². The first-order valence-corrected chi connectivity index (χ1v) is 7.51. The number of carbonyl (C=O) groups excluding carboxylic acids is 1. The summed E-state index contributed by atoms with van der Waals surface area (Å²) in [6.07, 6.45) is 8.90. The van der Waals surface area contributed by atoms with Gasteiger partial charge in [-0.1, -0.05) is 6.42 Å². The average Bonchev–Trinajstić information content (AvgIpc) is 3.04. The van der Waals surface area contributed by atoms with Crippen LogP contribution in [-0.4, -0.2) is 27.2 Å². The second-order valence-corrected chi connectivity index (χ2v) is 5.40. The van der Waals surface area contributed by atoms with Crippen LogP contribution >= 0.6 is 0 Å². The van der Waals surface area contributed by atoms with Crippen LogP contribution in [-0.2, 0) is 30.6 Å². The molecule has 21 heavy (non-hydrogen) atoms. The molecule has 0 aliphatic carbocycles. The minimum absolute atomic E-state index is 0.00649. The molecule has 2 aromatic heterocycles. The average molecular weight is 288 g/mol. The van der Waals surface area contributed by atoms with Crippen LogP contribution < -0.4 is 5.32 Å². The molecule has 1 aliphatic heterocycles. The van der Waals surface area contributed by atoms with Gasteiger partial charge in [0.15, 0.2) is 0 Å². The molecule has 0 spiro atoms. The van der Waals surface area contributed by atoms with E-state index in [9.17, 15) is 4.79 Å². The van der Waals surface area contributed by atoms with Crippen molar-refractivity contribution >= 4 is 5.91 Å². The molecule has 0 atom stereocenters. The molecule has 3 rings (SSSR count). The van der Waals surface area contributed by atoms with Crippen molar-refractivity contribution in [1.29, 1.82) is 0 Å². The largest absolute Gasteiger partial charge is 0.472 e. The van der Waals surface area contributed by atoms with Gasteiger partial charge in [-0.15, -0.1) is 10.2 Å². The third kappa shape index (κ3) is 3.51. The third-order valence-electron chi connectivity index (χ3n) is 3.80. The van der Waals surface area contributed by atoms with E-state index in [0.29, 0.717) is 13.0 Å². The SMILES string of the molecule is O=C(Cc1ccoc1)NCCc1nnc2n1CCCCC2. The molecule has 0 saturated carbocycles. The van der Waals surface area contributed by atoms with Crippen LogP contribution in [0.1, 0.15) is 36.5 Å². The second kappa shape index (κ2) is 6.56. The summed E-state index contributed by atoms with van der Waals surface area (Å²) >= 11 is 0. The number of nitrogens with one attached hydrogen (secondary N) is 1. The number of carbonyl (C=O) groups is 1. The van der Waals surface area contributed by atoms with Gasteiger partial charge >= 0.3 is 0 Å². The fraction of sp³-hybridized carbons (Fsp3) is 0.533. The molecule has 6 nitrogen and oxygen atoms in total. The molecule has 0 unspecified atom stereocenters. The highest BCUT2D eigenvalue weighted by Gasteiger charge is 2.14. The Morgan fingerprint density at radius 2 is 2.29 bits per heavy atom. The normalized spacial score (nSPS) is 14.5. The molecule has 3 heterocycles. The highest BCUT2D eigenvalue weighted by atomic mass is 16.3. The maximum atomic E-state index is 11.8. The molecule has 112 valence electrons. The number of aryl methyl sites for hydroxylation is 1. The highest BCUT2D eigenvalue weighted by Crippen LogP contribution is 2.14. The molecule has 0 radical (unpaired) electrons. The monoisotopic (exact) mass is 288 g/mol. The van der Waals surface area contributed by atoms with Crippen LogP contribution in [0.3, 0.4) is 0 Å². The number of nitrogens with zero attached hydrogens (tertiary/aromatic N) is 3. The first kappa shape index (κ1) is 13.9. The predicted molar refractivity (Wildman–Crippen MR) is 76.7 cm³/mol. The topological polar surface area (TPSA) is 73.0 Å². The van der Waals surface area contributed by atoms with Crippen molar-refractivity contribution in [3.8, 4) is 0 Å². The van der Waals surface area contributed by atoms with E-state index in [0.717, 1.165) is 36.6 Å². The summed E-state index contributed by atoms with van der Waals surface area (Å²) in [7, 11) is 0. The summed E-state index contributed by atoms with van der Waals surface area (Å²) in [5.41, 5.74) is 0.892. The van der Waals surface area contributed by atoms with E-state index in [4.69, 9.17) is 4.42 Å². The molecule has 1 amide bonds. The van der Waals surface area contributed by atoms with E-state index in [1.807, 2.05) is 0 Å². The highest BCUT2D eigenvalue weighted by molar-refractivity contribution is 5.78. The maximum Gasteiger partial charge on any atom is 0.224 e. The van der Waals surface area contributed by atoms with E-state index in [1.165, 1.54) is 19.3 Å². The fourth-order valence-corrected chi connectivity index (χ4v) is 2.69. The summed E-state index contributed by atoms with van der Waals surface area (Å²) in [6, 6.07) is 1.80. The van der Waals surface area contributed by atoms with Crippen LogP contribution in [0.25, 0.3) is 0 Å². The van der Waals surface area contributed by atoms with Crippen molar-refractivity contribution < 1.29 is 9.21 Å². The van der Waals surface area contributed by atoms with Gasteiger partial charge in [-0.25, -0.2) is 0 Å². The van der Waals surface area contributed by atoms with Gasteiger partial charge in [-0.3, -0.25) is 4.79 Å². The van der Waals surface area contributed by atoms with Crippen molar-refractivity contribution in [3.63, 3.8) is 0 Å². The van der Waals surface area contributed by atoms with Gasteiger partial charge < -0.3 is 14.3 Å². The minimum Gasteiger partial charge on any atom is -0.472 e. The Bertz CT molecular complexity index is 589. The van der Waals surface area contributed by atoms with Crippen molar-refractivity contribution in [3.05, 3.63) is 35.8 Å². The van der Waals surface area contributed by atoms with E-state index in [-0.39, 0.29) is 5.91 Å². The Labute approximate surface area is 123 Å². The number of hydrogen-bond acceptors (Lipinski definition) is 4. The lowest BCUT2D eigenvalue weighted by molar-refractivity contribution is -0.120. The maximum absolute atomic E-state index is 11.8. The first-order chi connectivity index (χ1) is 10.3. The first-order valence-electron chi connectivity index (χ1n) is 7.51. The number of rotatable bonds is 5. The molecule has 1 N–H and O–H groups in total. The van der Waals surface area contributed by atoms with Crippen LogP contribution in [0.5, 0.6) is 0 Å². The van der Waals surface area contributed by atoms with E-state index < -0.39 is 0 Å².